The summed E-state index contributed by atoms with van der Waals surface area (Å²) in [7, 11) is 0. The molecule has 0 spiro atoms. The number of carbonyl (C=O) groups excluding carboxylic acids is 1. The molecule has 0 atom stereocenters. The molecule has 1 aliphatic rings. The van der Waals surface area contributed by atoms with Crippen LogP contribution in [0.15, 0.2) is 10.9 Å². The Labute approximate surface area is 98.7 Å². The monoisotopic (exact) mass is 240 g/mol. The SMILES string of the molecule is O=C(NC1(CO)CCCCC1)c1cscn1. The van der Waals surface area contributed by atoms with Gasteiger partial charge < -0.3 is 10.4 Å². The number of aliphatic hydroxyl groups is 1. The lowest BCUT2D eigenvalue weighted by Gasteiger charge is -2.36. The first-order valence-corrected chi connectivity index (χ1v) is 6.52. The molecule has 16 heavy (non-hydrogen) atoms. The number of hydrogen-bond acceptors (Lipinski definition) is 4. The van der Waals surface area contributed by atoms with Gasteiger partial charge in [-0.05, 0) is 12.8 Å². The van der Waals surface area contributed by atoms with Crippen LogP contribution in [0.2, 0.25) is 0 Å². The average Bonchev–Trinajstić information content (AvgIpc) is 2.84. The fraction of sp³-hybridized carbons (Fsp3) is 0.636. The van der Waals surface area contributed by atoms with E-state index in [-0.39, 0.29) is 12.5 Å². The highest BCUT2D eigenvalue weighted by Gasteiger charge is 2.33. The maximum atomic E-state index is 11.9. The normalized spacial score (nSPS) is 19.3. The summed E-state index contributed by atoms with van der Waals surface area (Å²) in [4.78, 5) is 15.8. The Morgan fingerprint density at radius 3 is 2.81 bits per heavy atom. The van der Waals surface area contributed by atoms with Gasteiger partial charge in [-0.25, -0.2) is 4.98 Å². The molecule has 0 radical (unpaired) electrons. The van der Waals surface area contributed by atoms with Crippen molar-refractivity contribution in [3.05, 3.63) is 16.6 Å². The first-order valence-electron chi connectivity index (χ1n) is 5.57. The van der Waals surface area contributed by atoms with E-state index >= 15 is 0 Å². The summed E-state index contributed by atoms with van der Waals surface area (Å²) in [5, 5.41) is 14.1. The van der Waals surface area contributed by atoms with Crippen LogP contribution in [0.4, 0.5) is 0 Å². The van der Waals surface area contributed by atoms with Crippen molar-refractivity contribution in [3.63, 3.8) is 0 Å². The maximum absolute atomic E-state index is 11.9. The minimum absolute atomic E-state index is 0.0167. The van der Waals surface area contributed by atoms with Crippen LogP contribution in [0.5, 0.6) is 0 Å². The molecular formula is C11H16N2O2S. The molecule has 0 unspecified atom stereocenters. The zero-order chi connectivity index (χ0) is 11.4. The van der Waals surface area contributed by atoms with Crippen LogP contribution in [0.25, 0.3) is 0 Å². The Bertz CT molecular complexity index is 345. The summed E-state index contributed by atoms with van der Waals surface area (Å²) in [5.74, 6) is -0.169. The molecular weight excluding hydrogens is 224 g/mol. The molecule has 0 saturated heterocycles. The van der Waals surface area contributed by atoms with Crippen molar-refractivity contribution in [2.45, 2.75) is 37.6 Å². The number of aromatic nitrogens is 1. The fourth-order valence-corrected chi connectivity index (χ4v) is 2.71. The van der Waals surface area contributed by atoms with Gasteiger partial charge in [0.1, 0.15) is 5.69 Å². The molecule has 2 N–H and O–H groups in total. The van der Waals surface area contributed by atoms with Crippen LogP contribution in [0.1, 0.15) is 42.6 Å². The van der Waals surface area contributed by atoms with Crippen LogP contribution >= 0.6 is 11.3 Å². The van der Waals surface area contributed by atoms with E-state index in [9.17, 15) is 9.90 Å². The average molecular weight is 240 g/mol. The summed E-state index contributed by atoms with van der Waals surface area (Å²) >= 11 is 1.40. The Morgan fingerprint density at radius 2 is 2.25 bits per heavy atom. The summed E-state index contributed by atoms with van der Waals surface area (Å²) in [6.45, 7) is 0.0167. The molecule has 1 amide bonds. The molecule has 5 heteroatoms. The van der Waals surface area contributed by atoms with Gasteiger partial charge in [0.05, 0.1) is 17.7 Å². The first-order chi connectivity index (χ1) is 7.76. The fourth-order valence-electron chi connectivity index (χ4n) is 2.18. The van der Waals surface area contributed by atoms with Gasteiger partial charge in [-0.2, -0.15) is 0 Å². The number of nitrogens with zero attached hydrogens (tertiary/aromatic N) is 1. The highest BCUT2D eigenvalue weighted by atomic mass is 32.1. The van der Waals surface area contributed by atoms with E-state index in [1.807, 2.05) is 0 Å². The van der Waals surface area contributed by atoms with Crippen molar-refractivity contribution in [1.29, 1.82) is 0 Å². The second kappa shape index (κ2) is 4.93. The third-order valence-electron chi connectivity index (χ3n) is 3.16. The van der Waals surface area contributed by atoms with Crippen molar-refractivity contribution in [1.82, 2.24) is 10.3 Å². The number of hydrogen-bond donors (Lipinski definition) is 2. The quantitative estimate of drug-likeness (QED) is 0.843. The standard InChI is InChI=1S/C11H16N2O2S/c14-7-11(4-2-1-3-5-11)13-10(15)9-6-16-8-12-9/h6,8,14H,1-5,7H2,(H,13,15). The zero-order valence-corrected chi connectivity index (χ0v) is 9.92. The minimum Gasteiger partial charge on any atom is -0.394 e. The van der Waals surface area contributed by atoms with Crippen LogP contribution < -0.4 is 5.32 Å². The maximum Gasteiger partial charge on any atom is 0.271 e. The number of rotatable bonds is 3. The molecule has 0 aromatic carbocycles. The van der Waals surface area contributed by atoms with Crippen LogP contribution in [0.3, 0.4) is 0 Å². The molecule has 1 aliphatic carbocycles. The van der Waals surface area contributed by atoms with E-state index < -0.39 is 5.54 Å². The van der Waals surface area contributed by atoms with E-state index in [4.69, 9.17) is 0 Å². The number of carbonyl (C=O) groups is 1. The highest BCUT2D eigenvalue weighted by molar-refractivity contribution is 7.07. The van der Waals surface area contributed by atoms with E-state index in [1.54, 1.807) is 10.9 Å². The number of nitrogens with one attached hydrogen (secondary N) is 1. The third kappa shape index (κ3) is 2.41. The minimum atomic E-state index is -0.418. The molecule has 1 heterocycles. The topological polar surface area (TPSA) is 62.2 Å². The van der Waals surface area contributed by atoms with Crippen molar-refractivity contribution in [3.8, 4) is 0 Å². The third-order valence-corrected chi connectivity index (χ3v) is 3.74. The zero-order valence-electron chi connectivity index (χ0n) is 9.11. The molecule has 1 fully saturated rings. The lowest BCUT2D eigenvalue weighted by molar-refractivity contribution is 0.0754. The molecule has 1 aromatic rings. The molecule has 2 rings (SSSR count). The molecule has 0 bridgehead atoms. The second-order valence-electron chi connectivity index (χ2n) is 4.33. The first kappa shape index (κ1) is 11.5. The molecule has 0 aliphatic heterocycles. The molecule has 4 nitrogen and oxygen atoms in total. The predicted octanol–water partition coefficient (Wildman–Crippen LogP) is 1.57. The molecule has 1 aromatic heterocycles. The van der Waals surface area contributed by atoms with Crippen LogP contribution in [0, 0.1) is 0 Å². The summed E-state index contributed by atoms with van der Waals surface area (Å²) < 4.78 is 0. The van der Waals surface area contributed by atoms with Gasteiger partial charge in [-0.1, -0.05) is 19.3 Å². The summed E-state index contributed by atoms with van der Waals surface area (Å²) in [6.07, 6.45) is 5.04. The number of thiazole rings is 1. The van der Waals surface area contributed by atoms with Gasteiger partial charge in [0.2, 0.25) is 0 Å². The number of aliphatic hydroxyl groups excluding tert-OH is 1. The lowest BCUT2D eigenvalue weighted by atomic mass is 9.82. The van der Waals surface area contributed by atoms with Gasteiger partial charge >= 0.3 is 0 Å². The van der Waals surface area contributed by atoms with E-state index in [0.29, 0.717) is 5.69 Å². The summed E-state index contributed by atoms with van der Waals surface area (Å²) in [6, 6.07) is 0. The Morgan fingerprint density at radius 1 is 1.50 bits per heavy atom. The lowest BCUT2D eigenvalue weighted by Crippen LogP contribution is -2.52. The van der Waals surface area contributed by atoms with Crippen molar-refractivity contribution in [2.75, 3.05) is 6.61 Å². The molecule has 1 saturated carbocycles. The van der Waals surface area contributed by atoms with Gasteiger partial charge in [0.15, 0.2) is 0 Å². The van der Waals surface area contributed by atoms with Gasteiger partial charge in [-0.3, -0.25) is 4.79 Å². The highest BCUT2D eigenvalue weighted by Crippen LogP contribution is 2.28. The Hall–Kier alpha value is -0.940. The largest absolute Gasteiger partial charge is 0.394 e. The van der Waals surface area contributed by atoms with Gasteiger partial charge in [0.25, 0.3) is 5.91 Å². The van der Waals surface area contributed by atoms with Crippen LogP contribution in [-0.2, 0) is 0 Å². The smallest absolute Gasteiger partial charge is 0.271 e. The van der Waals surface area contributed by atoms with Crippen molar-refractivity contribution < 1.29 is 9.90 Å². The Balaban J connectivity index is 2.03. The summed E-state index contributed by atoms with van der Waals surface area (Å²) in [5.41, 5.74) is 1.67. The van der Waals surface area contributed by atoms with Gasteiger partial charge in [-0.15, -0.1) is 11.3 Å². The second-order valence-corrected chi connectivity index (χ2v) is 5.05. The van der Waals surface area contributed by atoms with E-state index in [1.165, 1.54) is 17.8 Å². The molecule has 88 valence electrons. The predicted molar refractivity (Wildman–Crippen MR) is 62.5 cm³/mol. The van der Waals surface area contributed by atoms with E-state index in [0.717, 1.165) is 25.7 Å². The number of amides is 1. The Kier molecular flexibility index (Phi) is 3.56. The van der Waals surface area contributed by atoms with Crippen LogP contribution in [-0.4, -0.2) is 28.1 Å². The van der Waals surface area contributed by atoms with Crippen molar-refractivity contribution in [2.24, 2.45) is 0 Å². The van der Waals surface area contributed by atoms with E-state index in [2.05, 4.69) is 10.3 Å². The van der Waals surface area contributed by atoms with Gasteiger partial charge in [0, 0.05) is 5.38 Å². The van der Waals surface area contributed by atoms with Crippen molar-refractivity contribution >= 4 is 17.2 Å².